The second-order valence-electron chi connectivity index (χ2n) is 6.26. The molecule has 130 valence electrons. The number of rotatable bonds is 5. The van der Waals surface area contributed by atoms with Crippen LogP contribution in [0.5, 0.6) is 0 Å². The van der Waals surface area contributed by atoms with E-state index in [9.17, 15) is 14.0 Å². The zero-order valence-corrected chi connectivity index (χ0v) is 14.4. The summed E-state index contributed by atoms with van der Waals surface area (Å²) in [5.41, 5.74) is 1.37. The first-order valence-corrected chi connectivity index (χ1v) is 7.97. The molecule has 1 heterocycles. The third kappa shape index (κ3) is 3.75. The number of urea groups is 1. The lowest BCUT2D eigenvalue weighted by atomic mass is 9.94. The van der Waals surface area contributed by atoms with E-state index in [1.165, 1.54) is 19.2 Å². The van der Waals surface area contributed by atoms with E-state index in [-0.39, 0.29) is 6.03 Å². The zero-order valence-electron chi connectivity index (χ0n) is 14.4. The first-order chi connectivity index (χ1) is 11.3. The van der Waals surface area contributed by atoms with Crippen LogP contribution in [0, 0.1) is 11.7 Å². The van der Waals surface area contributed by atoms with Crippen molar-refractivity contribution in [3.05, 3.63) is 46.9 Å². The first-order valence-electron chi connectivity index (χ1n) is 7.97. The quantitative estimate of drug-likeness (QED) is 0.840. The molecular formula is C18H23FN2O3. The molecule has 0 bridgehead atoms. The summed E-state index contributed by atoms with van der Waals surface area (Å²) >= 11 is 0. The van der Waals surface area contributed by atoms with Crippen LogP contribution < -0.4 is 5.32 Å². The number of hydrogen-bond donors (Lipinski definition) is 1. The van der Waals surface area contributed by atoms with Gasteiger partial charge in [0, 0.05) is 12.2 Å². The van der Waals surface area contributed by atoms with Crippen LogP contribution in [0.1, 0.15) is 38.8 Å². The second-order valence-corrected chi connectivity index (χ2v) is 6.26. The molecule has 0 spiro atoms. The largest absolute Gasteiger partial charge is 0.466 e. The molecule has 0 saturated heterocycles. The van der Waals surface area contributed by atoms with Crippen LogP contribution in [-0.4, -0.2) is 30.6 Å². The monoisotopic (exact) mass is 334 g/mol. The number of carbonyl (C=O) groups excluding carboxylic acids is 2. The van der Waals surface area contributed by atoms with Crippen LogP contribution >= 0.6 is 0 Å². The van der Waals surface area contributed by atoms with E-state index in [2.05, 4.69) is 19.2 Å². The second kappa shape index (κ2) is 7.47. The van der Waals surface area contributed by atoms with Gasteiger partial charge in [-0.15, -0.1) is 0 Å². The number of amides is 2. The molecule has 1 aliphatic rings. The average molecular weight is 334 g/mol. The highest BCUT2D eigenvalue weighted by molar-refractivity contribution is 5.94. The topological polar surface area (TPSA) is 58.6 Å². The van der Waals surface area contributed by atoms with E-state index in [0.717, 1.165) is 6.42 Å². The van der Waals surface area contributed by atoms with Crippen LogP contribution in [0.3, 0.4) is 0 Å². The van der Waals surface area contributed by atoms with Crippen molar-refractivity contribution in [2.45, 2.75) is 33.2 Å². The normalized spacial score (nSPS) is 18.0. The fourth-order valence-electron chi connectivity index (χ4n) is 2.75. The van der Waals surface area contributed by atoms with Gasteiger partial charge in [0.2, 0.25) is 0 Å². The number of hydrogen-bond acceptors (Lipinski definition) is 3. The predicted octanol–water partition coefficient (Wildman–Crippen LogP) is 3.39. The molecule has 1 aromatic rings. The number of nitrogens with one attached hydrogen (secondary N) is 1. The Morgan fingerprint density at radius 2 is 2.12 bits per heavy atom. The molecule has 1 aliphatic heterocycles. The van der Waals surface area contributed by atoms with Crippen molar-refractivity contribution in [2.75, 3.05) is 13.7 Å². The SMILES string of the molecule is COC(=O)C1=C(C)N(CCC(C)C)C(=O)N[C@@H]1c1cccc(F)c1. The molecule has 2 amide bonds. The third-order valence-corrected chi connectivity index (χ3v) is 4.11. The molecule has 1 N–H and O–H groups in total. The minimum Gasteiger partial charge on any atom is -0.466 e. The van der Waals surface area contributed by atoms with E-state index in [1.807, 2.05) is 0 Å². The van der Waals surface area contributed by atoms with E-state index in [0.29, 0.717) is 29.3 Å². The van der Waals surface area contributed by atoms with Crippen molar-refractivity contribution >= 4 is 12.0 Å². The molecule has 0 radical (unpaired) electrons. The third-order valence-electron chi connectivity index (χ3n) is 4.11. The van der Waals surface area contributed by atoms with Crippen molar-refractivity contribution < 1.29 is 18.7 Å². The molecule has 0 aromatic heterocycles. The summed E-state index contributed by atoms with van der Waals surface area (Å²) < 4.78 is 18.4. The maximum atomic E-state index is 13.6. The Morgan fingerprint density at radius 1 is 1.42 bits per heavy atom. The minimum atomic E-state index is -0.726. The number of ether oxygens (including phenoxy) is 1. The van der Waals surface area contributed by atoms with Gasteiger partial charge in [-0.25, -0.2) is 14.0 Å². The van der Waals surface area contributed by atoms with Gasteiger partial charge in [0.05, 0.1) is 18.7 Å². The molecule has 24 heavy (non-hydrogen) atoms. The molecule has 0 fully saturated rings. The van der Waals surface area contributed by atoms with Crippen LogP contribution in [0.2, 0.25) is 0 Å². The lowest BCUT2D eigenvalue weighted by Gasteiger charge is -2.35. The lowest BCUT2D eigenvalue weighted by Crippen LogP contribution is -2.48. The Kier molecular flexibility index (Phi) is 5.59. The van der Waals surface area contributed by atoms with Crippen molar-refractivity contribution in [1.29, 1.82) is 0 Å². The molecule has 2 rings (SSSR count). The smallest absolute Gasteiger partial charge is 0.337 e. The van der Waals surface area contributed by atoms with Crippen LogP contribution in [0.25, 0.3) is 0 Å². The van der Waals surface area contributed by atoms with E-state index >= 15 is 0 Å². The van der Waals surface area contributed by atoms with Gasteiger partial charge in [-0.1, -0.05) is 26.0 Å². The van der Waals surface area contributed by atoms with Gasteiger partial charge >= 0.3 is 12.0 Å². The van der Waals surface area contributed by atoms with Crippen molar-refractivity contribution in [3.63, 3.8) is 0 Å². The zero-order chi connectivity index (χ0) is 17.9. The standard InChI is InChI=1S/C18H23FN2O3/c1-11(2)8-9-21-12(3)15(17(22)24-4)16(20-18(21)23)13-6-5-7-14(19)10-13/h5-7,10-11,16H,8-9H2,1-4H3,(H,20,23)/t16-/m1/s1. The summed E-state index contributed by atoms with van der Waals surface area (Å²) in [5, 5.41) is 2.79. The molecular weight excluding hydrogens is 311 g/mol. The summed E-state index contributed by atoms with van der Waals surface area (Å²) in [6.45, 7) is 6.36. The average Bonchev–Trinajstić information content (AvgIpc) is 2.53. The van der Waals surface area contributed by atoms with Gasteiger partial charge < -0.3 is 10.1 Å². The van der Waals surface area contributed by atoms with Crippen molar-refractivity contribution in [3.8, 4) is 0 Å². The summed E-state index contributed by atoms with van der Waals surface area (Å²) in [7, 11) is 1.29. The number of methoxy groups -OCH3 is 1. The van der Waals surface area contributed by atoms with E-state index < -0.39 is 17.8 Å². The van der Waals surface area contributed by atoms with Gasteiger partial charge in [0.25, 0.3) is 0 Å². The Hall–Kier alpha value is -2.37. The van der Waals surface area contributed by atoms with Gasteiger partial charge in [-0.2, -0.15) is 0 Å². The first kappa shape index (κ1) is 18.0. The van der Waals surface area contributed by atoms with Gasteiger partial charge in [0.15, 0.2) is 0 Å². The summed E-state index contributed by atoms with van der Waals surface area (Å²) in [6.07, 6.45) is 0.809. The highest BCUT2D eigenvalue weighted by Crippen LogP contribution is 2.31. The predicted molar refractivity (Wildman–Crippen MR) is 88.5 cm³/mol. The number of allylic oxidation sites excluding steroid dienone is 1. The number of esters is 1. The highest BCUT2D eigenvalue weighted by atomic mass is 19.1. The molecule has 1 atom stereocenters. The maximum absolute atomic E-state index is 13.6. The number of benzene rings is 1. The van der Waals surface area contributed by atoms with Crippen LogP contribution in [0.4, 0.5) is 9.18 Å². The molecule has 6 heteroatoms. The fraction of sp³-hybridized carbons (Fsp3) is 0.444. The molecule has 0 unspecified atom stereocenters. The maximum Gasteiger partial charge on any atom is 0.337 e. The highest BCUT2D eigenvalue weighted by Gasteiger charge is 2.36. The fourth-order valence-corrected chi connectivity index (χ4v) is 2.75. The Morgan fingerprint density at radius 3 is 2.71 bits per heavy atom. The van der Waals surface area contributed by atoms with Gasteiger partial charge in [-0.3, -0.25) is 4.90 Å². The summed E-state index contributed by atoms with van der Waals surface area (Å²) in [5.74, 6) is -0.532. The Bertz CT molecular complexity index is 670. The number of halogens is 1. The van der Waals surface area contributed by atoms with Crippen molar-refractivity contribution in [1.82, 2.24) is 10.2 Å². The number of nitrogens with zero attached hydrogens (tertiary/aromatic N) is 1. The Balaban J connectivity index is 2.45. The molecule has 5 nitrogen and oxygen atoms in total. The van der Waals surface area contributed by atoms with Crippen molar-refractivity contribution in [2.24, 2.45) is 5.92 Å². The number of carbonyl (C=O) groups is 2. The van der Waals surface area contributed by atoms with Gasteiger partial charge in [0.1, 0.15) is 5.82 Å². The molecule has 1 aromatic carbocycles. The summed E-state index contributed by atoms with van der Waals surface area (Å²) in [4.78, 5) is 26.3. The summed E-state index contributed by atoms with van der Waals surface area (Å²) in [6, 6.07) is 4.83. The van der Waals surface area contributed by atoms with Crippen LogP contribution in [0.15, 0.2) is 35.5 Å². The van der Waals surface area contributed by atoms with E-state index in [4.69, 9.17) is 4.74 Å². The van der Waals surface area contributed by atoms with Crippen LogP contribution in [-0.2, 0) is 9.53 Å². The minimum absolute atomic E-state index is 0.296. The lowest BCUT2D eigenvalue weighted by molar-refractivity contribution is -0.136. The molecule has 0 aliphatic carbocycles. The van der Waals surface area contributed by atoms with Gasteiger partial charge in [-0.05, 0) is 37.0 Å². The van der Waals surface area contributed by atoms with E-state index in [1.54, 1.807) is 24.0 Å². The Labute approximate surface area is 141 Å². The molecule has 0 saturated carbocycles.